The fraction of sp³-hybridized carbons (Fsp3) is 0.167. The van der Waals surface area contributed by atoms with Crippen LogP contribution in [0.1, 0.15) is 17.0 Å². The number of fused-ring (bicyclic) bond motifs is 1. The molecule has 7 heteroatoms. The zero-order valence-corrected chi connectivity index (χ0v) is 15.4. The number of nitrogens with zero attached hydrogens (tertiary/aromatic N) is 3. The molecule has 0 N–H and O–H groups in total. The lowest BCUT2D eigenvalue weighted by Gasteiger charge is -2.07. The van der Waals surface area contributed by atoms with Crippen LogP contribution in [0, 0.1) is 13.8 Å². The Morgan fingerprint density at radius 1 is 1.12 bits per heavy atom. The second kappa shape index (κ2) is 6.85. The highest BCUT2D eigenvalue weighted by molar-refractivity contribution is 8.00. The van der Waals surface area contributed by atoms with E-state index in [1.165, 1.54) is 11.8 Å². The van der Waals surface area contributed by atoms with Crippen LogP contribution in [0.5, 0.6) is 5.75 Å². The van der Waals surface area contributed by atoms with Gasteiger partial charge < -0.3 is 9.15 Å². The Morgan fingerprint density at radius 3 is 2.88 bits per heavy atom. The molecule has 0 fully saturated rings. The molecule has 2 aromatic heterocycles. The molecule has 2 heterocycles. The predicted molar refractivity (Wildman–Crippen MR) is 98.3 cm³/mol. The van der Waals surface area contributed by atoms with E-state index in [1.54, 1.807) is 11.3 Å². The van der Waals surface area contributed by atoms with Gasteiger partial charge in [0.2, 0.25) is 0 Å². The number of benzene rings is 2. The van der Waals surface area contributed by atoms with Crippen molar-refractivity contribution >= 4 is 33.3 Å². The first kappa shape index (κ1) is 16.1. The van der Waals surface area contributed by atoms with E-state index in [0.717, 1.165) is 31.4 Å². The monoisotopic (exact) mass is 369 g/mol. The molecule has 5 nitrogen and oxygen atoms in total. The van der Waals surface area contributed by atoms with Crippen LogP contribution in [0.2, 0.25) is 0 Å². The molecule has 0 atom stereocenters. The van der Waals surface area contributed by atoms with Crippen molar-refractivity contribution in [3.63, 3.8) is 0 Å². The molecular weight excluding hydrogens is 354 g/mol. The van der Waals surface area contributed by atoms with E-state index >= 15 is 0 Å². The van der Waals surface area contributed by atoms with Gasteiger partial charge in [-0.1, -0.05) is 24.3 Å². The first-order valence-electron chi connectivity index (χ1n) is 7.73. The maximum Gasteiger partial charge on any atom is 0.283 e. The highest BCUT2D eigenvalue weighted by Gasteiger charge is 2.12. The van der Waals surface area contributed by atoms with Gasteiger partial charge in [0.1, 0.15) is 5.75 Å². The standard InChI is InChI=1S/C18H15N3O2S2/c1-11-7-8-12(2)14(9-11)22-10-16-20-21-17(23-16)25-18-19-13-5-3-4-6-15(13)24-18/h3-9H,10H2,1-2H3. The SMILES string of the molecule is Cc1ccc(C)c(OCc2nnc(Sc3nc4ccccc4s3)o2)c1. The first-order chi connectivity index (χ1) is 12.2. The van der Waals surface area contributed by atoms with Gasteiger partial charge in [-0.25, -0.2) is 4.98 Å². The lowest BCUT2D eigenvalue weighted by molar-refractivity contribution is 0.250. The molecule has 126 valence electrons. The minimum absolute atomic E-state index is 0.248. The van der Waals surface area contributed by atoms with E-state index in [-0.39, 0.29) is 6.61 Å². The van der Waals surface area contributed by atoms with Crippen molar-refractivity contribution < 1.29 is 9.15 Å². The third-order valence-electron chi connectivity index (χ3n) is 3.59. The predicted octanol–water partition coefficient (Wildman–Crippen LogP) is 5.03. The Morgan fingerprint density at radius 2 is 2.00 bits per heavy atom. The topological polar surface area (TPSA) is 61.0 Å². The second-order valence-corrected chi connectivity index (χ2v) is 7.80. The molecule has 4 aromatic rings. The summed E-state index contributed by atoms with van der Waals surface area (Å²) < 4.78 is 13.5. The number of hydrogen-bond donors (Lipinski definition) is 0. The quantitative estimate of drug-likeness (QED) is 0.492. The summed E-state index contributed by atoms with van der Waals surface area (Å²) in [4.78, 5) is 4.55. The van der Waals surface area contributed by atoms with Gasteiger partial charge in [-0.15, -0.1) is 21.5 Å². The molecule has 25 heavy (non-hydrogen) atoms. The molecule has 0 saturated heterocycles. The van der Waals surface area contributed by atoms with Gasteiger partial charge in [-0.3, -0.25) is 0 Å². The van der Waals surface area contributed by atoms with Crippen LogP contribution >= 0.6 is 23.1 Å². The fourth-order valence-corrected chi connectivity index (χ4v) is 4.17. The van der Waals surface area contributed by atoms with Crippen LogP contribution in [0.3, 0.4) is 0 Å². The van der Waals surface area contributed by atoms with E-state index in [9.17, 15) is 0 Å². The minimum atomic E-state index is 0.248. The molecule has 0 amide bonds. The van der Waals surface area contributed by atoms with Crippen LogP contribution in [-0.2, 0) is 6.61 Å². The highest BCUT2D eigenvalue weighted by Crippen LogP contribution is 2.33. The summed E-state index contributed by atoms with van der Waals surface area (Å²) in [6.45, 7) is 4.29. The number of aromatic nitrogens is 3. The van der Waals surface area contributed by atoms with E-state index in [4.69, 9.17) is 9.15 Å². The normalized spacial score (nSPS) is 11.1. The van der Waals surface area contributed by atoms with Crippen LogP contribution in [0.25, 0.3) is 10.2 Å². The number of aryl methyl sites for hydroxylation is 2. The van der Waals surface area contributed by atoms with Gasteiger partial charge >= 0.3 is 0 Å². The number of hydrogen-bond acceptors (Lipinski definition) is 7. The van der Waals surface area contributed by atoms with E-state index in [1.807, 2.05) is 50.2 Å². The van der Waals surface area contributed by atoms with Crippen molar-refractivity contribution in [1.82, 2.24) is 15.2 Å². The van der Waals surface area contributed by atoms with Crippen molar-refractivity contribution in [2.24, 2.45) is 0 Å². The summed E-state index contributed by atoms with van der Waals surface area (Å²) in [6.07, 6.45) is 0. The molecule has 4 rings (SSSR count). The van der Waals surface area contributed by atoms with Crippen molar-refractivity contribution in [2.45, 2.75) is 30.0 Å². The van der Waals surface area contributed by atoms with Gasteiger partial charge in [0, 0.05) is 11.8 Å². The average Bonchev–Trinajstić information content (AvgIpc) is 3.22. The third kappa shape index (κ3) is 3.67. The maximum atomic E-state index is 5.80. The minimum Gasteiger partial charge on any atom is -0.484 e. The van der Waals surface area contributed by atoms with Gasteiger partial charge in [-0.2, -0.15) is 0 Å². The molecule has 0 radical (unpaired) electrons. The molecular formula is C18H15N3O2S2. The van der Waals surface area contributed by atoms with Crippen LogP contribution < -0.4 is 4.74 Å². The summed E-state index contributed by atoms with van der Waals surface area (Å²) in [6, 6.07) is 14.1. The van der Waals surface area contributed by atoms with E-state index in [0.29, 0.717) is 11.1 Å². The van der Waals surface area contributed by atoms with Crippen molar-refractivity contribution in [3.05, 3.63) is 59.5 Å². The number of para-hydroxylation sites is 1. The molecule has 0 saturated carbocycles. The van der Waals surface area contributed by atoms with Crippen molar-refractivity contribution in [3.8, 4) is 5.75 Å². The molecule has 0 aliphatic rings. The average molecular weight is 369 g/mol. The third-order valence-corrected chi connectivity index (χ3v) is 5.53. The number of rotatable bonds is 5. The Kier molecular flexibility index (Phi) is 4.42. The van der Waals surface area contributed by atoms with Gasteiger partial charge in [0.15, 0.2) is 10.9 Å². The van der Waals surface area contributed by atoms with E-state index < -0.39 is 0 Å². The van der Waals surface area contributed by atoms with Gasteiger partial charge in [0.25, 0.3) is 11.1 Å². The number of thiazole rings is 1. The first-order valence-corrected chi connectivity index (χ1v) is 9.36. The lowest BCUT2D eigenvalue weighted by Crippen LogP contribution is -1.97. The van der Waals surface area contributed by atoms with Gasteiger partial charge in [-0.05, 0) is 43.2 Å². The van der Waals surface area contributed by atoms with Crippen LogP contribution in [-0.4, -0.2) is 15.2 Å². The van der Waals surface area contributed by atoms with E-state index in [2.05, 4.69) is 21.2 Å². The Balaban J connectivity index is 1.44. The molecule has 0 bridgehead atoms. The maximum absolute atomic E-state index is 5.80. The van der Waals surface area contributed by atoms with Gasteiger partial charge in [0.05, 0.1) is 10.2 Å². The molecule has 0 spiro atoms. The molecule has 2 aromatic carbocycles. The fourth-order valence-electron chi connectivity index (χ4n) is 2.31. The second-order valence-electron chi connectivity index (χ2n) is 5.57. The summed E-state index contributed by atoms with van der Waals surface area (Å²) in [5, 5.41) is 8.59. The summed E-state index contributed by atoms with van der Waals surface area (Å²) >= 11 is 2.98. The molecule has 0 unspecified atom stereocenters. The number of ether oxygens (including phenoxy) is 1. The lowest BCUT2D eigenvalue weighted by atomic mass is 10.1. The summed E-state index contributed by atoms with van der Waals surface area (Å²) in [5.41, 5.74) is 3.21. The Hall–Kier alpha value is -2.38. The largest absolute Gasteiger partial charge is 0.484 e. The zero-order valence-electron chi connectivity index (χ0n) is 13.7. The smallest absolute Gasteiger partial charge is 0.283 e. The summed E-state index contributed by atoms with van der Waals surface area (Å²) in [7, 11) is 0. The highest BCUT2D eigenvalue weighted by atomic mass is 32.2. The molecule has 0 aliphatic heterocycles. The Labute approximate surface area is 153 Å². The molecule has 0 aliphatic carbocycles. The van der Waals surface area contributed by atoms with Crippen molar-refractivity contribution in [1.29, 1.82) is 0 Å². The summed E-state index contributed by atoms with van der Waals surface area (Å²) in [5.74, 6) is 1.28. The van der Waals surface area contributed by atoms with Crippen molar-refractivity contribution in [2.75, 3.05) is 0 Å². The van der Waals surface area contributed by atoms with Crippen LogP contribution in [0.15, 0.2) is 56.4 Å². The zero-order chi connectivity index (χ0) is 17.2. The Bertz CT molecular complexity index is 993. The van der Waals surface area contributed by atoms with Crippen LogP contribution in [0.4, 0.5) is 0 Å².